The Kier molecular flexibility index (Phi) is 2.33. The minimum atomic E-state index is -0.346. The number of aliphatic hydroxyl groups excluding tert-OH is 1. The molecule has 1 aliphatic heterocycles. The predicted molar refractivity (Wildman–Crippen MR) is 61.5 cm³/mol. The normalized spacial score (nSPS) is 19.0. The standard InChI is InChI=1S/C12H13N3O2/c16-8-5-6-11-13-12(14-15(11)7-8)9-3-1-2-4-10(9)17/h1-4,8,16-17H,5-7H2. The summed E-state index contributed by atoms with van der Waals surface area (Å²) in [5.41, 5.74) is 0.629. The van der Waals surface area contributed by atoms with Crippen LogP contribution in [-0.4, -0.2) is 31.1 Å². The van der Waals surface area contributed by atoms with Crippen molar-refractivity contribution in [1.29, 1.82) is 0 Å². The van der Waals surface area contributed by atoms with Gasteiger partial charge in [0.2, 0.25) is 0 Å². The van der Waals surface area contributed by atoms with E-state index < -0.39 is 0 Å². The van der Waals surface area contributed by atoms with E-state index >= 15 is 0 Å². The molecule has 17 heavy (non-hydrogen) atoms. The zero-order valence-electron chi connectivity index (χ0n) is 9.24. The van der Waals surface area contributed by atoms with Crippen molar-refractivity contribution in [2.24, 2.45) is 0 Å². The van der Waals surface area contributed by atoms with Crippen LogP contribution in [0, 0.1) is 0 Å². The minimum Gasteiger partial charge on any atom is -0.507 e. The molecule has 0 radical (unpaired) electrons. The molecule has 5 heteroatoms. The zero-order chi connectivity index (χ0) is 11.8. The number of aryl methyl sites for hydroxylation is 1. The van der Waals surface area contributed by atoms with E-state index in [1.165, 1.54) is 0 Å². The van der Waals surface area contributed by atoms with Gasteiger partial charge >= 0.3 is 0 Å². The number of hydrogen-bond acceptors (Lipinski definition) is 4. The van der Waals surface area contributed by atoms with Gasteiger partial charge in [-0.05, 0) is 18.6 Å². The monoisotopic (exact) mass is 231 g/mol. The molecule has 5 nitrogen and oxygen atoms in total. The van der Waals surface area contributed by atoms with E-state index in [4.69, 9.17) is 0 Å². The van der Waals surface area contributed by atoms with Gasteiger partial charge in [0.1, 0.15) is 11.6 Å². The fraction of sp³-hybridized carbons (Fsp3) is 0.333. The fourth-order valence-electron chi connectivity index (χ4n) is 2.07. The van der Waals surface area contributed by atoms with Gasteiger partial charge in [-0.25, -0.2) is 9.67 Å². The first-order valence-corrected chi connectivity index (χ1v) is 5.64. The van der Waals surface area contributed by atoms with E-state index in [-0.39, 0.29) is 11.9 Å². The van der Waals surface area contributed by atoms with E-state index in [0.717, 1.165) is 18.7 Å². The van der Waals surface area contributed by atoms with Crippen LogP contribution in [-0.2, 0) is 13.0 Å². The molecule has 2 heterocycles. The molecule has 1 aromatic heterocycles. The van der Waals surface area contributed by atoms with Crippen LogP contribution in [0.2, 0.25) is 0 Å². The summed E-state index contributed by atoms with van der Waals surface area (Å²) >= 11 is 0. The van der Waals surface area contributed by atoms with Gasteiger partial charge in [0.05, 0.1) is 18.2 Å². The number of hydrogen-bond donors (Lipinski definition) is 2. The van der Waals surface area contributed by atoms with Crippen LogP contribution in [0.3, 0.4) is 0 Å². The van der Waals surface area contributed by atoms with Crippen molar-refractivity contribution in [3.8, 4) is 17.1 Å². The van der Waals surface area contributed by atoms with Crippen LogP contribution < -0.4 is 0 Å². The molecule has 0 saturated carbocycles. The minimum absolute atomic E-state index is 0.177. The lowest BCUT2D eigenvalue weighted by atomic mass is 10.1. The molecule has 88 valence electrons. The second-order valence-electron chi connectivity index (χ2n) is 4.24. The molecule has 0 bridgehead atoms. The van der Waals surface area contributed by atoms with Gasteiger partial charge in [0.15, 0.2) is 5.82 Å². The Hall–Kier alpha value is -1.88. The highest BCUT2D eigenvalue weighted by Gasteiger charge is 2.20. The van der Waals surface area contributed by atoms with E-state index in [9.17, 15) is 10.2 Å². The van der Waals surface area contributed by atoms with Gasteiger partial charge < -0.3 is 10.2 Å². The van der Waals surface area contributed by atoms with Crippen molar-refractivity contribution in [1.82, 2.24) is 14.8 Å². The Balaban J connectivity index is 2.03. The summed E-state index contributed by atoms with van der Waals surface area (Å²) in [6.45, 7) is 0.482. The third-order valence-electron chi connectivity index (χ3n) is 2.98. The molecular weight excluding hydrogens is 218 g/mol. The lowest BCUT2D eigenvalue weighted by Crippen LogP contribution is -2.25. The van der Waals surface area contributed by atoms with Crippen molar-refractivity contribution < 1.29 is 10.2 Å². The number of fused-ring (bicyclic) bond motifs is 1. The van der Waals surface area contributed by atoms with Crippen molar-refractivity contribution in [3.05, 3.63) is 30.1 Å². The zero-order valence-corrected chi connectivity index (χ0v) is 9.24. The Labute approximate surface area is 98.4 Å². The second kappa shape index (κ2) is 3.85. The summed E-state index contributed by atoms with van der Waals surface area (Å²) in [6.07, 6.45) is 1.10. The third-order valence-corrected chi connectivity index (χ3v) is 2.98. The number of para-hydroxylation sites is 1. The summed E-state index contributed by atoms with van der Waals surface area (Å²) < 4.78 is 1.72. The van der Waals surface area contributed by atoms with Crippen LogP contribution in [0.25, 0.3) is 11.4 Å². The molecule has 1 aromatic carbocycles. The summed E-state index contributed by atoms with van der Waals surface area (Å²) in [5.74, 6) is 1.57. The number of phenolic OH excluding ortho intramolecular Hbond substituents is 1. The first-order valence-electron chi connectivity index (χ1n) is 5.64. The average Bonchev–Trinajstić information content (AvgIpc) is 2.72. The van der Waals surface area contributed by atoms with E-state index in [2.05, 4.69) is 10.1 Å². The Morgan fingerprint density at radius 3 is 2.94 bits per heavy atom. The smallest absolute Gasteiger partial charge is 0.185 e. The van der Waals surface area contributed by atoms with Gasteiger partial charge in [0, 0.05) is 6.42 Å². The topological polar surface area (TPSA) is 71.2 Å². The van der Waals surface area contributed by atoms with Crippen LogP contribution in [0.4, 0.5) is 0 Å². The summed E-state index contributed by atoms with van der Waals surface area (Å²) in [4.78, 5) is 4.40. The molecule has 1 unspecified atom stereocenters. The van der Waals surface area contributed by atoms with Gasteiger partial charge in [-0.2, -0.15) is 5.10 Å². The molecule has 2 N–H and O–H groups in total. The summed E-state index contributed by atoms with van der Waals surface area (Å²) in [7, 11) is 0. The highest BCUT2D eigenvalue weighted by Crippen LogP contribution is 2.27. The van der Waals surface area contributed by atoms with Crippen molar-refractivity contribution in [3.63, 3.8) is 0 Å². The van der Waals surface area contributed by atoms with Crippen molar-refractivity contribution in [2.45, 2.75) is 25.5 Å². The maximum atomic E-state index is 9.74. The highest BCUT2D eigenvalue weighted by atomic mass is 16.3. The second-order valence-corrected chi connectivity index (χ2v) is 4.24. The number of aromatic nitrogens is 3. The van der Waals surface area contributed by atoms with Crippen molar-refractivity contribution in [2.75, 3.05) is 0 Å². The third kappa shape index (κ3) is 1.78. The summed E-state index contributed by atoms with van der Waals surface area (Å²) in [5, 5.41) is 23.6. The Morgan fingerprint density at radius 1 is 1.29 bits per heavy atom. The number of aromatic hydroxyl groups is 1. The maximum absolute atomic E-state index is 9.74. The molecule has 0 spiro atoms. The molecular formula is C12H13N3O2. The van der Waals surface area contributed by atoms with E-state index in [0.29, 0.717) is 17.9 Å². The molecule has 3 rings (SSSR count). The average molecular weight is 231 g/mol. The number of nitrogens with zero attached hydrogens (tertiary/aromatic N) is 3. The van der Waals surface area contributed by atoms with Crippen molar-refractivity contribution >= 4 is 0 Å². The van der Waals surface area contributed by atoms with Gasteiger partial charge in [-0.15, -0.1) is 0 Å². The highest BCUT2D eigenvalue weighted by molar-refractivity contribution is 5.63. The fourth-order valence-corrected chi connectivity index (χ4v) is 2.07. The number of rotatable bonds is 1. The molecule has 2 aromatic rings. The lowest BCUT2D eigenvalue weighted by molar-refractivity contribution is 0.124. The molecule has 1 atom stereocenters. The van der Waals surface area contributed by atoms with Crippen LogP contribution in [0.15, 0.2) is 24.3 Å². The number of aliphatic hydroxyl groups is 1. The lowest BCUT2D eigenvalue weighted by Gasteiger charge is -2.16. The molecule has 0 fully saturated rings. The largest absolute Gasteiger partial charge is 0.507 e. The first kappa shape index (κ1) is 10.3. The predicted octanol–water partition coefficient (Wildman–Crippen LogP) is 0.958. The van der Waals surface area contributed by atoms with E-state index in [1.54, 1.807) is 22.9 Å². The Bertz CT molecular complexity index is 550. The number of benzene rings is 1. The van der Waals surface area contributed by atoms with Crippen LogP contribution in [0.1, 0.15) is 12.2 Å². The van der Waals surface area contributed by atoms with Crippen LogP contribution in [0.5, 0.6) is 5.75 Å². The van der Waals surface area contributed by atoms with E-state index in [1.807, 2.05) is 6.07 Å². The van der Waals surface area contributed by atoms with Gasteiger partial charge in [0.25, 0.3) is 0 Å². The summed E-state index contributed by atoms with van der Waals surface area (Å²) in [6, 6.07) is 7.00. The Morgan fingerprint density at radius 2 is 2.12 bits per heavy atom. The molecule has 0 saturated heterocycles. The van der Waals surface area contributed by atoms with Gasteiger partial charge in [-0.1, -0.05) is 12.1 Å². The molecule has 1 aliphatic rings. The quantitative estimate of drug-likeness (QED) is 0.766. The first-order chi connectivity index (χ1) is 8.24. The molecule has 0 amide bonds. The molecule has 0 aliphatic carbocycles. The number of phenols is 1. The van der Waals surface area contributed by atoms with Crippen LogP contribution >= 0.6 is 0 Å². The van der Waals surface area contributed by atoms with Gasteiger partial charge in [-0.3, -0.25) is 0 Å². The SMILES string of the molecule is Oc1ccccc1-c1nc2n(n1)CC(O)CC2. The maximum Gasteiger partial charge on any atom is 0.185 e.